The van der Waals surface area contributed by atoms with E-state index in [4.69, 9.17) is 26.9 Å². The monoisotopic (exact) mass is 776 g/mol. The molecule has 4 heterocycles. The molecule has 3 aliphatic rings. The number of amides is 5. The Balaban J connectivity index is 1.30. The van der Waals surface area contributed by atoms with E-state index in [1.54, 1.807) is 33.8 Å². The molecule has 0 saturated heterocycles. The Labute approximate surface area is 322 Å². The third kappa shape index (κ3) is 7.09. The van der Waals surface area contributed by atoms with Crippen molar-refractivity contribution < 1.29 is 38.2 Å². The van der Waals surface area contributed by atoms with Crippen molar-refractivity contribution in [3.63, 3.8) is 0 Å². The summed E-state index contributed by atoms with van der Waals surface area (Å²) in [6.07, 6.45) is 1.41. The molecule has 1 aliphatic carbocycles. The number of nitrogens with zero attached hydrogens (tertiary/aromatic N) is 3. The highest BCUT2D eigenvalue weighted by molar-refractivity contribution is 5.94. The molecular weight excluding hydrogens is 727 g/mol. The van der Waals surface area contributed by atoms with Crippen LogP contribution in [-0.4, -0.2) is 74.5 Å². The highest BCUT2D eigenvalue weighted by Gasteiger charge is 2.46. The highest BCUT2D eigenvalue weighted by Crippen LogP contribution is 2.46. The number of primary amides is 2. The summed E-state index contributed by atoms with van der Waals surface area (Å²) in [6, 6.07) is -0.312. The standard InChI is InChI=1S/C39H49FN8O8/c1-5-39(55)23-14-28-33-21(16-48(28)35(51)22(23)17-56-37(39)53)31-25(11-10-20-19(4)24(40)15-26(46-33)30(20)31)45-29(49)9-7-13-47(36(52)32(41)18(2)3)27(34(42)50)8-6-12-44-38(43)54/h14-15,18,25,27,32,55H,5-13,16-17,41H2,1-4H3,(H2,42,50)(H,45,49)(H3,43,44,54)/t25-,27-,32-,39-/m0/s1. The van der Waals surface area contributed by atoms with Crippen molar-refractivity contribution in [3.05, 3.63) is 61.7 Å². The number of cyclic esters (lactones) is 1. The first-order valence-corrected chi connectivity index (χ1v) is 19.0. The van der Waals surface area contributed by atoms with E-state index in [1.165, 1.54) is 15.5 Å². The van der Waals surface area contributed by atoms with Gasteiger partial charge in [-0.1, -0.05) is 20.8 Å². The Bertz CT molecular complexity index is 2210. The molecule has 5 amide bonds. The summed E-state index contributed by atoms with van der Waals surface area (Å²) in [6.45, 7) is 6.83. The molecule has 6 rings (SSSR count). The van der Waals surface area contributed by atoms with Crippen LogP contribution in [0.5, 0.6) is 0 Å². The van der Waals surface area contributed by atoms with Gasteiger partial charge in [0.1, 0.15) is 18.5 Å². The molecule has 0 bridgehead atoms. The maximum atomic E-state index is 15.3. The molecule has 56 heavy (non-hydrogen) atoms. The molecule has 16 nitrogen and oxygen atoms in total. The second-order valence-corrected chi connectivity index (χ2v) is 15.2. The fourth-order valence-corrected chi connectivity index (χ4v) is 8.23. The zero-order valence-electron chi connectivity index (χ0n) is 32.0. The minimum absolute atomic E-state index is 0.00359. The number of aromatic nitrogens is 2. The van der Waals surface area contributed by atoms with E-state index in [9.17, 15) is 33.9 Å². The minimum atomic E-state index is -2.03. The number of ether oxygens (including phenoxy) is 1. The van der Waals surface area contributed by atoms with E-state index in [1.807, 2.05) is 0 Å². The van der Waals surface area contributed by atoms with Crippen LogP contribution >= 0.6 is 0 Å². The first-order chi connectivity index (χ1) is 26.5. The topological polar surface area (TPSA) is 255 Å². The average Bonchev–Trinajstić information content (AvgIpc) is 3.52. The second-order valence-electron chi connectivity index (χ2n) is 15.2. The molecule has 1 aromatic carbocycles. The number of halogens is 1. The Morgan fingerprint density at radius 2 is 1.88 bits per heavy atom. The van der Waals surface area contributed by atoms with Crippen LogP contribution in [0.2, 0.25) is 0 Å². The lowest BCUT2D eigenvalue weighted by molar-refractivity contribution is -0.172. The van der Waals surface area contributed by atoms with Crippen molar-refractivity contribution in [1.29, 1.82) is 0 Å². The van der Waals surface area contributed by atoms with E-state index < -0.39 is 58.9 Å². The highest BCUT2D eigenvalue weighted by atomic mass is 19.1. The molecule has 2 aromatic heterocycles. The summed E-state index contributed by atoms with van der Waals surface area (Å²) in [7, 11) is 0. The number of hydrogen-bond acceptors (Lipinski definition) is 10. The fraction of sp³-hybridized carbons (Fsp3) is 0.513. The Kier molecular flexibility index (Phi) is 11.2. The Morgan fingerprint density at radius 3 is 2.54 bits per heavy atom. The number of carbonyl (C=O) groups excluding carboxylic acids is 5. The van der Waals surface area contributed by atoms with E-state index in [0.29, 0.717) is 58.2 Å². The van der Waals surface area contributed by atoms with Gasteiger partial charge in [0, 0.05) is 42.1 Å². The number of urea groups is 1. The maximum Gasteiger partial charge on any atom is 0.343 e. The fourth-order valence-electron chi connectivity index (χ4n) is 8.23. The van der Waals surface area contributed by atoms with Crippen molar-refractivity contribution in [2.45, 2.75) is 110 Å². The Hall–Kier alpha value is -5.42. The molecule has 2 aliphatic heterocycles. The molecule has 0 spiro atoms. The summed E-state index contributed by atoms with van der Waals surface area (Å²) >= 11 is 0. The van der Waals surface area contributed by atoms with Gasteiger partial charge in [-0.2, -0.15) is 0 Å². The van der Waals surface area contributed by atoms with Gasteiger partial charge in [0.05, 0.1) is 41.1 Å². The molecule has 0 radical (unpaired) electrons. The number of aryl methyl sites for hydroxylation is 1. The van der Waals surface area contributed by atoms with Gasteiger partial charge in [0.2, 0.25) is 17.7 Å². The molecule has 4 atom stereocenters. The summed E-state index contributed by atoms with van der Waals surface area (Å²) in [5, 5.41) is 17.6. The van der Waals surface area contributed by atoms with Crippen LogP contribution in [-0.2, 0) is 49.1 Å². The van der Waals surface area contributed by atoms with E-state index in [-0.39, 0.29) is 74.9 Å². The van der Waals surface area contributed by atoms with E-state index >= 15 is 4.39 Å². The van der Waals surface area contributed by atoms with E-state index in [2.05, 4.69) is 10.6 Å². The molecule has 17 heteroatoms. The molecule has 0 unspecified atom stereocenters. The van der Waals surface area contributed by atoms with E-state index in [0.717, 1.165) is 5.56 Å². The van der Waals surface area contributed by atoms with Gasteiger partial charge in [-0.05, 0) is 74.1 Å². The average molecular weight is 777 g/mol. The van der Waals surface area contributed by atoms with Gasteiger partial charge < -0.3 is 47.1 Å². The van der Waals surface area contributed by atoms with Crippen LogP contribution in [0.3, 0.4) is 0 Å². The third-order valence-electron chi connectivity index (χ3n) is 11.5. The lowest BCUT2D eigenvalue weighted by atomic mass is 9.81. The largest absolute Gasteiger partial charge is 0.458 e. The van der Waals surface area contributed by atoms with Crippen LogP contribution in [0.25, 0.3) is 22.3 Å². The van der Waals surface area contributed by atoms with Crippen LogP contribution in [0, 0.1) is 18.7 Å². The van der Waals surface area contributed by atoms with Crippen molar-refractivity contribution in [1.82, 2.24) is 25.1 Å². The molecule has 300 valence electrons. The number of aliphatic hydroxyl groups is 1. The van der Waals surface area contributed by atoms with Crippen molar-refractivity contribution in [2.24, 2.45) is 23.1 Å². The summed E-state index contributed by atoms with van der Waals surface area (Å²) in [4.78, 5) is 83.8. The summed E-state index contributed by atoms with van der Waals surface area (Å²) in [5.74, 6) is -3.11. The van der Waals surface area contributed by atoms with Crippen LogP contribution in [0.4, 0.5) is 9.18 Å². The SMILES string of the molecule is CC[C@@]1(O)C(=O)OCc2c1cc1n(c2=O)Cc2c-1nc1cc(F)c(C)c3c1c2[C@@H](NC(=O)CCCN(C(=O)[C@@H](N)C(C)C)[C@@H](CCCNC(N)=O)C(N)=O)CC3. The zero-order valence-corrected chi connectivity index (χ0v) is 32.0. The van der Waals surface area contributed by atoms with Crippen LogP contribution < -0.4 is 33.4 Å². The van der Waals surface area contributed by atoms with Crippen LogP contribution in [0.1, 0.15) is 98.7 Å². The first-order valence-electron chi connectivity index (χ1n) is 19.0. The number of esters is 1. The number of rotatable bonds is 14. The zero-order chi connectivity index (χ0) is 40.8. The minimum Gasteiger partial charge on any atom is -0.458 e. The maximum absolute atomic E-state index is 15.3. The number of hydrogen-bond donors (Lipinski definition) is 6. The summed E-state index contributed by atoms with van der Waals surface area (Å²) in [5.41, 5.74) is 18.6. The number of nitrogens with one attached hydrogen (secondary N) is 2. The second kappa shape index (κ2) is 15.6. The predicted octanol–water partition coefficient (Wildman–Crippen LogP) is 1.53. The lowest BCUT2D eigenvalue weighted by Gasteiger charge is -2.33. The van der Waals surface area contributed by atoms with Gasteiger partial charge in [0.25, 0.3) is 5.56 Å². The normalized spacial score (nSPS) is 19.1. The predicted molar refractivity (Wildman–Crippen MR) is 202 cm³/mol. The van der Waals surface area contributed by atoms with Gasteiger partial charge >= 0.3 is 12.0 Å². The van der Waals surface area contributed by atoms with Gasteiger partial charge in [-0.3, -0.25) is 19.2 Å². The molecular formula is C39H49FN8O8. The smallest absolute Gasteiger partial charge is 0.343 e. The molecule has 0 fully saturated rings. The third-order valence-corrected chi connectivity index (χ3v) is 11.5. The Morgan fingerprint density at radius 1 is 1.14 bits per heavy atom. The number of benzene rings is 1. The first kappa shape index (κ1) is 40.2. The molecule has 0 saturated carbocycles. The van der Waals surface area contributed by atoms with Gasteiger partial charge in [-0.15, -0.1) is 0 Å². The number of fused-ring (bicyclic) bond motifs is 5. The summed E-state index contributed by atoms with van der Waals surface area (Å²) < 4.78 is 22.0. The van der Waals surface area contributed by atoms with Crippen molar-refractivity contribution in [2.75, 3.05) is 13.1 Å². The number of nitrogens with two attached hydrogens (primary N) is 3. The molecule has 3 aromatic rings. The quantitative estimate of drug-likeness (QED) is 0.0795. The number of carbonyl (C=O) groups is 5. The van der Waals surface area contributed by atoms with Gasteiger partial charge in [0.15, 0.2) is 5.60 Å². The van der Waals surface area contributed by atoms with Crippen LogP contribution in [0.15, 0.2) is 16.9 Å². The van der Waals surface area contributed by atoms with Crippen molar-refractivity contribution >= 4 is 40.6 Å². The number of pyridine rings is 2. The lowest BCUT2D eigenvalue weighted by Crippen LogP contribution is -2.55. The van der Waals surface area contributed by atoms with Gasteiger partial charge in [-0.25, -0.2) is 19.0 Å². The van der Waals surface area contributed by atoms with Crippen molar-refractivity contribution in [3.8, 4) is 11.4 Å². The molecule has 9 N–H and O–H groups in total.